The summed E-state index contributed by atoms with van der Waals surface area (Å²) in [6.07, 6.45) is 0. The molecule has 2 aromatic carbocycles. The van der Waals surface area contributed by atoms with Crippen molar-refractivity contribution >= 4 is 32.3 Å². The molecule has 0 fully saturated rings. The maximum absolute atomic E-state index is 5.72. The van der Waals surface area contributed by atoms with Crippen molar-refractivity contribution < 1.29 is 4.74 Å². The molecule has 114 valence electrons. The lowest BCUT2D eigenvalue weighted by molar-refractivity contribution is 0.326. The maximum atomic E-state index is 5.72. The Morgan fingerprint density at radius 3 is 2.52 bits per heavy atom. The Morgan fingerprint density at radius 1 is 1.00 bits per heavy atom. The van der Waals surface area contributed by atoms with Crippen LogP contribution in [0.3, 0.4) is 0 Å². The summed E-state index contributed by atoms with van der Waals surface area (Å²) in [7, 11) is 0. The molecular formula is C17H13BrN4O. The Kier molecular flexibility index (Phi) is 3.46. The monoisotopic (exact) mass is 368 g/mol. The second kappa shape index (κ2) is 5.62. The predicted octanol–water partition coefficient (Wildman–Crippen LogP) is 4.11. The van der Waals surface area contributed by atoms with Gasteiger partial charge in [-0.05, 0) is 25.1 Å². The van der Waals surface area contributed by atoms with E-state index in [0.717, 1.165) is 26.5 Å². The Morgan fingerprint density at radius 2 is 1.74 bits per heavy atom. The van der Waals surface area contributed by atoms with Gasteiger partial charge in [-0.2, -0.15) is 4.52 Å². The highest BCUT2D eigenvalue weighted by atomic mass is 79.9. The molecule has 0 aliphatic heterocycles. The maximum Gasteiger partial charge on any atom is 0.239 e. The zero-order valence-electron chi connectivity index (χ0n) is 12.4. The minimum Gasteiger partial charge on any atom is -0.476 e. The molecule has 0 unspecified atom stereocenters. The van der Waals surface area contributed by atoms with Gasteiger partial charge in [0.25, 0.3) is 0 Å². The SMILES string of the molecule is CCOc1nn2c(-c3ccccc3Br)nnc2c2ccccc12. The molecule has 0 aliphatic rings. The van der Waals surface area contributed by atoms with Crippen molar-refractivity contribution in [2.75, 3.05) is 6.61 Å². The molecule has 0 bridgehead atoms. The number of ether oxygens (including phenoxy) is 1. The lowest BCUT2D eigenvalue weighted by Crippen LogP contribution is -2.02. The Balaban J connectivity index is 2.08. The zero-order valence-corrected chi connectivity index (χ0v) is 14.0. The Bertz CT molecular complexity index is 1010. The van der Waals surface area contributed by atoms with Crippen LogP contribution in [0, 0.1) is 0 Å². The van der Waals surface area contributed by atoms with Gasteiger partial charge in [-0.1, -0.05) is 46.3 Å². The van der Waals surface area contributed by atoms with Crippen molar-refractivity contribution in [3.05, 3.63) is 53.0 Å². The van der Waals surface area contributed by atoms with Crippen LogP contribution in [-0.2, 0) is 0 Å². The summed E-state index contributed by atoms with van der Waals surface area (Å²) in [4.78, 5) is 0. The summed E-state index contributed by atoms with van der Waals surface area (Å²) in [5.41, 5.74) is 1.65. The summed E-state index contributed by atoms with van der Waals surface area (Å²) in [6.45, 7) is 2.50. The molecular weight excluding hydrogens is 356 g/mol. The molecule has 0 atom stereocenters. The molecule has 4 aromatic rings. The summed E-state index contributed by atoms with van der Waals surface area (Å²) >= 11 is 3.56. The summed E-state index contributed by atoms with van der Waals surface area (Å²) in [5, 5.41) is 15.2. The molecule has 0 spiro atoms. The largest absolute Gasteiger partial charge is 0.476 e. The highest BCUT2D eigenvalue weighted by molar-refractivity contribution is 9.10. The van der Waals surface area contributed by atoms with E-state index in [4.69, 9.17) is 4.74 Å². The number of benzene rings is 2. The third-order valence-electron chi connectivity index (χ3n) is 3.63. The van der Waals surface area contributed by atoms with Crippen molar-refractivity contribution in [1.29, 1.82) is 0 Å². The normalized spacial score (nSPS) is 11.2. The van der Waals surface area contributed by atoms with Crippen molar-refractivity contribution in [3.63, 3.8) is 0 Å². The molecule has 0 saturated heterocycles. The van der Waals surface area contributed by atoms with E-state index in [1.165, 1.54) is 0 Å². The second-order valence-electron chi connectivity index (χ2n) is 5.02. The van der Waals surface area contributed by atoms with E-state index in [0.29, 0.717) is 18.3 Å². The second-order valence-corrected chi connectivity index (χ2v) is 5.88. The lowest BCUT2D eigenvalue weighted by Gasteiger charge is -2.08. The van der Waals surface area contributed by atoms with Crippen LogP contribution in [0.4, 0.5) is 0 Å². The minimum absolute atomic E-state index is 0.551. The molecule has 5 nitrogen and oxygen atoms in total. The molecule has 0 aliphatic carbocycles. The van der Waals surface area contributed by atoms with E-state index >= 15 is 0 Å². The smallest absolute Gasteiger partial charge is 0.239 e. The van der Waals surface area contributed by atoms with Crippen LogP contribution in [0.5, 0.6) is 5.88 Å². The van der Waals surface area contributed by atoms with Crippen LogP contribution in [0.15, 0.2) is 53.0 Å². The topological polar surface area (TPSA) is 52.3 Å². The molecule has 4 rings (SSSR count). The molecule has 0 saturated carbocycles. The van der Waals surface area contributed by atoms with Gasteiger partial charge < -0.3 is 4.74 Å². The molecule has 6 heteroatoms. The fraction of sp³-hybridized carbons (Fsp3) is 0.118. The Hall–Kier alpha value is -2.47. The van der Waals surface area contributed by atoms with Crippen LogP contribution in [-0.4, -0.2) is 26.4 Å². The van der Waals surface area contributed by atoms with E-state index < -0.39 is 0 Å². The average Bonchev–Trinajstić information content (AvgIpc) is 3.00. The fourth-order valence-corrected chi connectivity index (χ4v) is 3.07. The quantitative estimate of drug-likeness (QED) is 0.546. The van der Waals surface area contributed by atoms with Gasteiger partial charge in [-0.3, -0.25) is 0 Å². The van der Waals surface area contributed by atoms with Gasteiger partial charge in [0, 0.05) is 20.8 Å². The number of fused-ring (bicyclic) bond motifs is 3. The summed E-state index contributed by atoms with van der Waals surface area (Å²) in [5.74, 6) is 1.27. The standard InChI is InChI=1S/C17H13BrN4O/c1-2-23-17-12-8-4-3-7-11(12)15-19-20-16(22(15)21-17)13-9-5-6-10-14(13)18/h3-10H,2H2,1H3. The van der Waals surface area contributed by atoms with Crippen LogP contribution < -0.4 is 4.74 Å². The first-order valence-electron chi connectivity index (χ1n) is 7.31. The fourth-order valence-electron chi connectivity index (χ4n) is 2.61. The van der Waals surface area contributed by atoms with Crippen molar-refractivity contribution in [2.24, 2.45) is 0 Å². The highest BCUT2D eigenvalue weighted by Crippen LogP contribution is 2.31. The molecule has 0 amide bonds. The minimum atomic E-state index is 0.551. The van der Waals surface area contributed by atoms with Crippen LogP contribution in [0.25, 0.3) is 27.8 Å². The van der Waals surface area contributed by atoms with Gasteiger partial charge in [0.05, 0.1) is 6.61 Å². The van der Waals surface area contributed by atoms with Crippen LogP contribution in [0.2, 0.25) is 0 Å². The zero-order chi connectivity index (χ0) is 15.8. The van der Waals surface area contributed by atoms with E-state index in [2.05, 4.69) is 31.2 Å². The van der Waals surface area contributed by atoms with Gasteiger partial charge >= 0.3 is 0 Å². The number of aromatic nitrogens is 4. The van der Waals surface area contributed by atoms with Crippen LogP contribution in [0.1, 0.15) is 6.92 Å². The molecule has 2 heterocycles. The number of rotatable bonds is 3. The number of hydrogen-bond acceptors (Lipinski definition) is 4. The number of hydrogen-bond donors (Lipinski definition) is 0. The summed E-state index contributed by atoms with van der Waals surface area (Å²) < 4.78 is 8.41. The van der Waals surface area contributed by atoms with E-state index in [1.54, 1.807) is 4.52 Å². The molecule has 0 N–H and O–H groups in total. The van der Waals surface area contributed by atoms with E-state index in [9.17, 15) is 0 Å². The van der Waals surface area contributed by atoms with Gasteiger partial charge in [0.2, 0.25) is 5.88 Å². The Labute approximate surface area is 141 Å². The molecule has 23 heavy (non-hydrogen) atoms. The van der Waals surface area contributed by atoms with Crippen molar-refractivity contribution in [1.82, 2.24) is 19.8 Å². The van der Waals surface area contributed by atoms with Gasteiger partial charge in [0.1, 0.15) is 0 Å². The van der Waals surface area contributed by atoms with E-state index in [-0.39, 0.29) is 0 Å². The lowest BCUT2D eigenvalue weighted by atomic mass is 10.2. The first-order chi connectivity index (χ1) is 11.3. The highest BCUT2D eigenvalue weighted by Gasteiger charge is 2.17. The summed E-state index contributed by atoms with van der Waals surface area (Å²) in [6, 6.07) is 15.8. The van der Waals surface area contributed by atoms with Crippen molar-refractivity contribution in [2.45, 2.75) is 6.92 Å². The third-order valence-corrected chi connectivity index (χ3v) is 4.32. The predicted molar refractivity (Wildman–Crippen MR) is 92.6 cm³/mol. The van der Waals surface area contributed by atoms with Gasteiger partial charge in [-0.25, -0.2) is 0 Å². The van der Waals surface area contributed by atoms with E-state index in [1.807, 2.05) is 55.5 Å². The first kappa shape index (κ1) is 14.1. The van der Waals surface area contributed by atoms with Gasteiger partial charge in [-0.15, -0.1) is 15.3 Å². The molecule has 2 aromatic heterocycles. The first-order valence-corrected chi connectivity index (χ1v) is 8.10. The van der Waals surface area contributed by atoms with Crippen molar-refractivity contribution in [3.8, 4) is 17.3 Å². The van der Waals surface area contributed by atoms with Crippen LogP contribution >= 0.6 is 15.9 Å². The number of halogens is 1. The third kappa shape index (κ3) is 2.26. The van der Waals surface area contributed by atoms with Gasteiger partial charge in [0.15, 0.2) is 11.5 Å². The number of nitrogens with zero attached hydrogens (tertiary/aromatic N) is 4. The average molecular weight is 369 g/mol. The molecule has 0 radical (unpaired) electrons.